The Hall–Kier alpha value is -4.63. The van der Waals surface area contributed by atoms with Crippen LogP contribution in [0.4, 0.5) is 5.69 Å². The molecule has 312 valence electrons. The smallest absolute Gasteiger partial charge is 0.312 e. The number of carbonyl (C=O) groups is 2. The van der Waals surface area contributed by atoms with Crippen LogP contribution >= 0.6 is 0 Å². The first kappa shape index (κ1) is 43.5. The number of aliphatic hydroxyl groups is 3. The first-order chi connectivity index (χ1) is 26.8. The molecule has 2 aromatic rings. The van der Waals surface area contributed by atoms with Crippen molar-refractivity contribution in [1.82, 2.24) is 9.91 Å². The number of hydrogen-bond acceptors (Lipinski definition) is 13. The Morgan fingerprint density at radius 3 is 2.18 bits per heavy atom. The standard InChI is InChI=1S/C43H60N4O10/c1-22-13-20-56-43(9)41(54)33-31-32(37(51)29(8)40(33)57-43)39(53)34(30(38(31)52)21-44-47-16-14-46(15-17-47)18-19-48)45-42(55)24(3)12-10-11-23(2)35(49)28(7)36(50)27(6)26(5)25(22)4/h10-13,20-23,25-28,35-36,48-53H,14-19H2,1-9H3,(H,45,55)/b11-10+,20-13+,24-12-,44-21-/t22-,23-,25+,26+,27-,28+,35-,36-,43-/m0/s1. The minimum Gasteiger partial charge on any atom is -0.507 e. The average Bonchev–Trinajstić information content (AvgIpc) is 3.45. The van der Waals surface area contributed by atoms with E-state index in [-0.39, 0.29) is 80.7 Å². The number of benzene rings is 2. The van der Waals surface area contributed by atoms with E-state index in [4.69, 9.17) is 9.47 Å². The van der Waals surface area contributed by atoms with Crippen LogP contribution in [0, 0.1) is 42.4 Å². The summed E-state index contributed by atoms with van der Waals surface area (Å²) in [5.41, 5.74) is -0.168. The highest BCUT2D eigenvalue weighted by Gasteiger charge is 2.49. The number of phenols is 3. The number of piperazine rings is 1. The summed E-state index contributed by atoms with van der Waals surface area (Å²) < 4.78 is 12.2. The maximum Gasteiger partial charge on any atom is 0.312 e. The number of fused-ring (bicyclic) bond motifs is 14. The molecule has 7 N–H and O–H groups in total. The van der Waals surface area contributed by atoms with Gasteiger partial charge in [0, 0.05) is 68.0 Å². The number of allylic oxidation sites excluding steroid dienone is 3. The highest BCUT2D eigenvalue weighted by Crippen LogP contribution is 2.55. The second kappa shape index (κ2) is 17.5. The van der Waals surface area contributed by atoms with Gasteiger partial charge in [-0.05, 0) is 43.6 Å². The number of aliphatic hydroxyl groups excluding tert-OH is 3. The molecule has 0 aromatic heterocycles. The number of β-amino-alcohol motifs (C(OH)–C–C–N with tert-alkyl or cyclic N) is 1. The second-order valence-corrected chi connectivity index (χ2v) is 16.3. The van der Waals surface area contributed by atoms with Gasteiger partial charge in [0.2, 0.25) is 0 Å². The van der Waals surface area contributed by atoms with E-state index in [1.54, 1.807) is 30.2 Å². The Kier molecular flexibility index (Phi) is 13.3. The van der Waals surface area contributed by atoms with Gasteiger partial charge in [0.25, 0.3) is 11.7 Å². The number of nitrogens with zero attached hydrogens (tertiary/aromatic N) is 3. The first-order valence-electron chi connectivity index (χ1n) is 19.8. The largest absolute Gasteiger partial charge is 0.507 e. The third-order valence-corrected chi connectivity index (χ3v) is 12.6. The third-order valence-electron chi connectivity index (χ3n) is 12.6. The van der Waals surface area contributed by atoms with E-state index in [1.165, 1.54) is 26.3 Å². The lowest BCUT2D eigenvalue weighted by Crippen LogP contribution is -2.45. The van der Waals surface area contributed by atoms with Gasteiger partial charge in [0.15, 0.2) is 5.75 Å². The van der Waals surface area contributed by atoms with Crippen molar-refractivity contribution >= 4 is 34.4 Å². The van der Waals surface area contributed by atoms with Crippen LogP contribution in [-0.4, -0.2) is 116 Å². The van der Waals surface area contributed by atoms with Gasteiger partial charge in [-0.2, -0.15) is 5.10 Å². The summed E-state index contributed by atoms with van der Waals surface area (Å²) in [6.45, 7) is 19.0. The molecular formula is C43H60N4O10. The molecule has 1 saturated heterocycles. The van der Waals surface area contributed by atoms with Crippen LogP contribution in [-0.2, 0) is 9.53 Å². The number of ether oxygens (including phenoxy) is 2. The van der Waals surface area contributed by atoms with Gasteiger partial charge < -0.3 is 45.4 Å². The number of phenolic OH excluding ortho intramolecular Hbond substituents is 3. The maximum atomic E-state index is 14.4. The Morgan fingerprint density at radius 2 is 1.53 bits per heavy atom. The van der Waals surface area contributed by atoms with Crippen LogP contribution < -0.4 is 10.1 Å². The molecular weight excluding hydrogens is 732 g/mol. The molecule has 9 atom stereocenters. The molecule has 5 bridgehead atoms. The lowest BCUT2D eigenvalue weighted by Gasteiger charge is -2.36. The SMILES string of the molecule is C/C1=C/C=C/[C@H](C)[C@H](O)[C@@H](C)[C@@H](O)[C@@H](C)[C@H](C)[C@H](C)[C@@H](C)/C=C/O[C@@]2(C)Oc3c(C)c(O)c4c(O)c(c(/C=N\N5CCN(CCO)CC5)c(O)c4c3C2=O)NC1=O. The molecule has 4 heterocycles. The molecule has 0 radical (unpaired) electrons. The van der Waals surface area contributed by atoms with E-state index in [2.05, 4.69) is 29.2 Å². The van der Waals surface area contributed by atoms with Crippen molar-refractivity contribution in [2.45, 2.75) is 80.3 Å². The van der Waals surface area contributed by atoms with Gasteiger partial charge in [0.05, 0.1) is 53.5 Å². The summed E-state index contributed by atoms with van der Waals surface area (Å²) in [5, 5.41) is 76.1. The lowest BCUT2D eigenvalue weighted by molar-refractivity contribution is -0.112. The molecule has 6 rings (SSSR count). The molecule has 0 spiro atoms. The summed E-state index contributed by atoms with van der Waals surface area (Å²) in [6.07, 6.45) is 7.74. The molecule has 2 aromatic carbocycles. The zero-order chi connectivity index (χ0) is 42.1. The van der Waals surface area contributed by atoms with Crippen molar-refractivity contribution in [3.8, 4) is 23.0 Å². The number of amides is 1. The number of carbonyl (C=O) groups excluding carboxylic acids is 2. The number of hydrazone groups is 1. The maximum absolute atomic E-state index is 14.4. The van der Waals surface area contributed by atoms with Crippen molar-refractivity contribution in [3.05, 3.63) is 52.8 Å². The molecule has 0 aliphatic carbocycles. The van der Waals surface area contributed by atoms with E-state index < -0.39 is 52.9 Å². The van der Waals surface area contributed by atoms with Crippen molar-refractivity contribution < 1.29 is 49.7 Å². The van der Waals surface area contributed by atoms with Crippen molar-refractivity contribution in [3.63, 3.8) is 0 Å². The summed E-state index contributed by atoms with van der Waals surface area (Å²) >= 11 is 0. The average molecular weight is 793 g/mol. The normalized spacial score (nSPS) is 32.9. The molecule has 57 heavy (non-hydrogen) atoms. The number of Topliss-reactive ketones (excluding diaryl/α,β-unsaturated/α-hetero) is 1. The molecule has 0 unspecified atom stereocenters. The predicted molar refractivity (Wildman–Crippen MR) is 218 cm³/mol. The Labute approximate surface area is 334 Å². The number of hydrogen-bond donors (Lipinski definition) is 7. The topological polar surface area (TPSA) is 205 Å². The van der Waals surface area contributed by atoms with Crippen molar-refractivity contribution in [1.29, 1.82) is 0 Å². The first-order valence-corrected chi connectivity index (χ1v) is 19.8. The highest BCUT2D eigenvalue weighted by molar-refractivity contribution is 6.23. The van der Waals surface area contributed by atoms with E-state index in [0.29, 0.717) is 32.7 Å². The third kappa shape index (κ3) is 8.50. The van der Waals surface area contributed by atoms with Gasteiger partial charge >= 0.3 is 5.79 Å². The van der Waals surface area contributed by atoms with Gasteiger partial charge in [-0.25, -0.2) is 0 Å². The summed E-state index contributed by atoms with van der Waals surface area (Å²) in [5.74, 6) is -5.90. The zero-order valence-corrected chi connectivity index (χ0v) is 34.5. The summed E-state index contributed by atoms with van der Waals surface area (Å²) in [4.78, 5) is 30.2. The predicted octanol–water partition coefficient (Wildman–Crippen LogP) is 5.02. The molecule has 14 heteroatoms. The molecule has 0 saturated carbocycles. The molecule has 1 fully saturated rings. The van der Waals surface area contributed by atoms with Crippen LogP contribution in [0.3, 0.4) is 0 Å². The Bertz CT molecular complexity index is 1970. The minimum absolute atomic E-state index is 0.0186. The van der Waals surface area contributed by atoms with Crippen LogP contribution in [0.25, 0.3) is 10.8 Å². The van der Waals surface area contributed by atoms with Gasteiger partial charge in [0.1, 0.15) is 17.2 Å². The van der Waals surface area contributed by atoms with Crippen LogP contribution in [0.1, 0.15) is 76.9 Å². The van der Waals surface area contributed by atoms with E-state index >= 15 is 0 Å². The van der Waals surface area contributed by atoms with Crippen LogP contribution in [0.2, 0.25) is 0 Å². The fourth-order valence-electron chi connectivity index (χ4n) is 7.99. The Morgan fingerprint density at radius 1 is 0.860 bits per heavy atom. The fraction of sp³-hybridized carbons (Fsp3) is 0.558. The van der Waals surface area contributed by atoms with Crippen molar-refractivity contribution in [2.75, 3.05) is 44.6 Å². The number of ketones is 1. The van der Waals surface area contributed by atoms with Crippen LogP contribution in [0.15, 0.2) is 41.2 Å². The highest BCUT2D eigenvalue weighted by atomic mass is 16.7. The minimum atomic E-state index is -1.91. The van der Waals surface area contributed by atoms with Crippen molar-refractivity contribution in [2.24, 2.45) is 40.6 Å². The molecule has 4 aliphatic heterocycles. The number of rotatable bonds is 4. The van der Waals surface area contributed by atoms with E-state index in [9.17, 15) is 40.2 Å². The molecule has 4 aliphatic rings. The molecule has 1 amide bonds. The number of nitrogens with one attached hydrogen (secondary N) is 1. The zero-order valence-electron chi connectivity index (χ0n) is 34.5. The van der Waals surface area contributed by atoms with E-state index in [1.807, 2.05) is 33.8 Å². The number of aromatic hydroxyl groups is 3. The Balaban J connectivity index is 1.67. The quantitative estimate of drug-likeness (QED) is 0.124. The molecule has 14 nitrogen and oxygen atoms in total. The monoisotopic (exact) mass is 792 g/mol. The number of anilines is 1. The van der Waals surface area contributed by atoms with Crippen LogP contribution in [0.5, 0.6) is 23.0 Å². The van der Waals surface area contributed by atoms with Gasteiger partial charge in [-0.3, -0.25) is 19.5 Å². The van der Waals surface area contributed by atoms with Gasteiger partial charge in [-0.1, -0.05) is 59.8 Å². The fourth-order valence-corrected chi connectivity index (χ4v) is 7.99. The summed E-state index contributed by atoms with van der Waals surface area (Å²) in [7, 11) is 0. The van der Waals surface area contributed by atoms with E-state index in [0.717, 1.165) is 0 Å². The second-order valence-electron chi connectivity index (χ2n) is 16.3. The summed E-state index contributed by atoms with van der Waals surface area (Å²) in [6, 6.07) is 0. The van der Waals surface area contributed by atoms with Gasteiger partial charge in [-0.15, -0.1) is 0 Å². The lowest BCUT2D eigenvalue weighted by atomic mass is 9.72.